The summed E-state index contributed by atoms with van der Waals surface area (Å²) in [5, 5.41) is 3.76. The second-order valence-electron chi connectivity index (χ2n) is 7.37. The molecule has 1 N–H and O–H groups in total. The predicted molar refractivity (Wildman–Crippen MR) is 81.4 cm³/mol. The standard InChI is InChI=1S/C17H32N2/c1-2-5-16(14-18-15-6-7-15)19-12-10-17(11-13-19)8-3-4-9-17/h15-16,18H,2-14H2,1H3. The Morgan fingerprint density at radius 1 is 1.11 bits per heavy atom. The lowest BCUT2D eigenvalue weighted by Gasteiger charge is -2.43. The molecule has 1 heterocycles. The Balaban J connectivity index is 1.48. The van der Waals surface area contributed by atoms with Gasteiger partial charge in [0, 0.05) is 18.6 Å². The summed E-state index contributed by atoms with van der Waals surface area (Å²) in [6.07, 6.45) is 14.6. The van der Waals surface area contributed by atoms with Crippen LogP contribution in [0.3, 0.4) is 0 Å². The summed E-state index contributed by atoms with van der Waals surface area (Å²) in [7, 11) is 0. The number of hydrogen-bond acceptors (Lipinski definition) is 2. The van der Waals surface area contributed by atoms with E-state index in [0.717, 1.165) is 17.5 Å². The van der Waals surface area contributed by atoms with Crippen LogP contribution in [-0.4, -0.2) is 36.6 Å². The predicted octanol–water partition coefficient (Wildman–Crippen LogP) is 3.56. The van der Waals surface area contributed by atoms with Crippen LogP contribution in [-0.2, 0) is 0 Å². The van der Waals surface area contributed by atoms with Crippen molar-refractivity contribution in [1.82, 2.24) is 10.2 Å². The minimum Gasteiger partial charge on any atom is -0.312 e. The Hall–Kier alpha value is -0.0800. The van der Waals surface area contributed by atoms with E-state index in [0.29, 0.717) is 0 Å². The van der Waals surface area contributed by atoms with E-state index < -0.39 is 0 Å². The first-order chi connectivity index (χ1) is 9.31. The van der Waals surface area contributed by atoms with Crippen molar-refractivity contribution in [2.24, 2.45) is 5.41 Å². The van der Waals surface area contributed by atoms with Crippen molar-refractivity contribution in [1.29, 1.82) is 0 Å². The summed E-state index contributed by atoms with van der Waals surface area (Å²) < 4.78 is 0. The van der Waals surface area contributed by atoms with E-state index in [1.807, 2.05) is 0 Å². The van der Waals surface area contributed by atoms with Crippen LogP contribution in [0.15, 0.2) is 0 Å². The SMILES string of the molecule is CCCC(CNC1CC1)N1CCC2(CCCC2)CC1. The summed E-state index contributed by atoms with van der Waals surface area (Å²) in [4.78, 5) is 2.81. The first-order valence-corrected chi connectivity index (χ1v) is 8.79. The molecule has 1 unspecified atom stereocenters. The molecule has 2 nitrogen and oxygen atoms in total. The second kappa shape index (κ2) is 6.13. The van der Waals surface area contributed by atoms with Crippen molar-refractivity contribution < 1.29 is 0 Å². The van der Waals surface area contributed by atoms with E-state index in [-0.39, 0.29) is 0 Å². The Bertz CT molecular complexity index is 269. The highest BCUT2D eigenvalue weighted by Crippen LogP contribution is 2.46. The van der Waals surface area contributed by atoms with E-state index in [9.17, 15) is 0 Å². The number of rotatable bonds is 6. The number of hydrogen-bond donors (Lipinski definition) is 1. The van der Waals surface area contributed by atoms with Crippen molar-refractivity contribution in [2.75, 3.05) is 19.6 Å². The van der Waals surface area contributed by atoms with E-state index in [2.05, 4.69) is 17.1 Å². The minimum absolute atomic E-state index is 0.775. The molecule has 1 atom stereocenters. The largest absolute Gasteiger partial charge is 0.312 e. The van der Waals surface area contributed by atoms with E-state index in [1.165, 1.54) is 83.8 Å². The van der Waals surface area contributed by atoms with Crippen molar-refractivity contribution in [3.05, 3.63) is 0 Å². The molecule has 3 aliphatic rings. The molecule has 1 spiro atoms. The summed E-state index contributed by atoms with van der Waals surface area (Å²) >= 11 is 0. The van der Waals surface area contributed by atoms with Gasteiger partial charge in [0.2, 0.25) is 0 Å². The maximum atomic E-state index is 3.76. The maximum absolute atomic E-state index is 3.76. The molecule has 0 aromatic rings. The van der Waals surface area contributed by atoms with Crippen molar-refractivity contribution in [3.63, 3.8) is 0 Å². The summed E-state index contributed by atoms with van der Waals surface area (Å²) in [6, 6.07) is 1.68. The highest BCUT2D eigenvalue weighted by molar-refractivity contribution is 4.92. The van der Waals surface area contributed by atoms with Gasteiger partial charge < -0.3 is 5.32 Å². The van der Waals surface area contributed by atoms with Gasteiger partial charge >= 0.3 is 0 Å². The zero-order valence-electron chi connectivity index (χ0n) is 12.8. The average Bonchev–Trinajstić information content (AvgIpc) is 3.16. The third-order valence-corrected chi connectivity index (χ3v) is 5.88. The molecule has 2 heteroatoms. The highest BCUT2D eigenvalue weighted by atomic mass is 15.2. The number of likely N-dealkylation sites (tertiary alicyclic amines) is 1. The van der Waals surface area contributed by atoms with E-state index in [1.54, 1.807) is 0 Å². The molecule has 110 valence electrons. The normalized spacial score (nSPS) is 28.9. The molecule has 1 aliphatic heterocycles. The van der Waals surface area contributed by atoms with Gasteiger partial charge in [0.15, 0.2) is 0 Å². The topological polar surface area (TPSA) is 15.3 Å². The Labute approximate surface area is 119 Å². The molecular formula is C17H32N2. The second-order valence-corrected chi connectivity index (χ2v) is 7.37. The zero-order valence-corrected chi connectivity index (χ0v) is 12.8. The van der Waals surface area contributed by atoms with Crippen LogP contribution in [0.1, 0.15) is 71.1 Å². The molecule has 0 bridgehead atoms. The van der Waals surface area contributed by atoms with Crippen molar-refractivity contribution in [2.45, 2.75) is 83.2 Å². The Morgan fingerprint density at radius 2 is 1.79 bits per heavy atom. The monoisotopic (exact) mass is 264 g/mol. The van der Waals surface area contributed by atoms with Gasteiger partial charge in [-0.1, -0.05) is 26.2 Å². The van der Waals surface area contributed by atoms with Crippen LogP contribution in [0.4, 0.5) is 0 Å². The lowest BCUT2D eigenvalue weighted by molar-refractivity contribution is 0.0717. The smallest absolute Gasteiger partial charge is 0.0220 e. The molecule has 3 rings (SSSR count). The Kier molecular flexibility index (Phi) is 4.48. The summed E-state index contributed by atoms with van der Waals surface area (Å²) in [6.45, 7) is 6.33. The van der Waals surface area contributed by atoms with Crippen LogP contribution < -0.4 is 5.32 Å². The fourth-order valence-corrected chi connectivity index (χ4v) is 4.33. The number of nitrogens with zero attached hydrogens (tertiary/aromatic N) is 1. The Morgan fingerprint density at radius 3 is 2.37 bits per heavy atom. The number of piperidine rings is 1. The lowest BCUT2D eigenvalue weighted by Crippen LogP contribution is -2.48. The van der Waals surface area contributed by atoms with Gasteiger partial charge in [0.05, 0.1) is 0 Å². The molecule has 0 radical (unpaired) electrons. The van der Waals surface area contributed by atoms with Gasteiger partial charge in [-0.3, -0.25) is 4.90 Å². The van der Waals surface area contributed by atoms with Gasteiger partial charge in [-0.25, -0.2) is 0 Å². The van der Waals surface area contributed by atoms with Gasteiger partial charge in [-0.05, 0) is 63.5 Å². The molecular weight excluding hydrogens is 232 g/mol. The van der Waals surface area contributed by atoms with Crippen molar-refractivity contribution in [3.8, 4) is 0 Å². The van der Waals surface area contributed by atoms with Gasteiger partial charge in [-0.2, -0.15) is 0 Å². The quantitative estimate of drug-likeness (QED) is 0.789. The first-order valence-electron chi connectivity index (χ1n) is 8.79. The van der Waals surface area contributed by atoms with Crippen molar-refractivity contribution >= 4 is 0 Å². The molecule has 19 heavy (non-hydrogen) atoms. The molecule has 0 aromatic carbocycles. The third-order valence-electron chi connectivity index (χ3n) is 5.88. The molecule has 2 aliphatic carbocycles. The fraction of sp³-hybridized carbons (Fsp3) is 1.00. The first kappa shape index (κ1) is 13.9. The fourth-order valence-electron chi connectivity index (χ4n) is 4.33. The van der Waals surface area contributed by atoms with Crippen LogP contribution >= 0.6 is 0 Å². The third kappa shape index (κ3) is 3.52. The van der Waals surface area contributed by atoms with E-state index in [4.69, 9.17) is 0 Å². The molecule has 1 saturated heterocycles. The molecule has 0 amide bonds. The number of nitrogens with one attached hydrogen (secondary N) is 1. The van der Waals surface area contributed by atoms with Gasteiger partial charge in [0.1, 0.15) is 0 Å². The van der Waals surface area contributed by atoms with Crippen LogP contribution in [0.25, 0.3) is 0 Å². The summed E-state index contributed by atoms with van der Waals surface area (Å²) in [5.41, 5.74) is 0.775. The molecule has 2 saturated carbocycles. The maximum Gasteiger partial charge on any atom is 0.0220 e. The van der Waals surface area contributed by atoms with E-state index >= 15 is 0 Å². The molecule has 3 fully saturated rings. The minimum atomic E-state index is 0.775. The zero-order chi connectivity index (χ0) is 13.1. The summed E-state index contributed by atoms with van der Waals surface area (Å²) in [5.74, 6) is 0. The van der Waals surface area contributed by atoms with Crippen LogP contribution in [0.5, 0.6) is 0 Å². The average molecular weight is 264 g/mol. The lowest BCUT2D eigenvalue weighted by atomic mass is 9.76. The van der Waals surface area contributed by atoms with Crippen LogP contribution in [0, 0.1) is 5.41 Å². The van der Waals surface area contributed by atoms with Crippen LogP contribution in [0.2, 0.25) is 0 Å². The molecule has 0 aromatic heterocycles. The van der Waals surface area contributed by atoms with Gasteiger partial charge in [0.25, 0.3) is 0 Å². The van der Waals surface area contributed by atoms with Gasteiger partial charge in [-0.15, -0.1) is 0 Å². The highest BCUT2D eigenvalue weighted by Gasteiger charge is 2.38.